The fourth-order valence-electron chi connectivity index (χ4n) is 4.22. The van der Waals surface area contributed by atoms with E-state index >= 15 is 0 Å². The molecular formula is C25H22N6O2. The van der Waals surface area contributed by atoms with Crippen molar-refractivity contribution in [2.45, 2.75) is 19.4 Å². The molecule has 2 aromatic carbocycles. The molecule has 0 atom stereocenters. The van der Waals surface area contributed by atoms with Crippen LogP contribution in [0.2, 0.25) is 0 Å². The summed E-state index contributed by atoms with van der Waals surface area (Å²) in [5, 5.41) is 12.4. The molecular weight excluding hydrogens is 416 g/mol. The van der Waals surface area contributed by atoms with Crippen molar-refractivity contribution < 1.29 is 4.92 Å². The minimum absolute atomic E-state index is 0.129. The number of pyridine rings is 1. The fourth-order valence-corrected chi connectivity index (χ4v) is 4.22. The Kier molecular flexibility index (Phi) is 5.63. The third kappa shape index (κ3) is 4.10. The molecule has 0 N–H and O–H groups in total. The number of hydrogen-bond acceptors (Lipinski definition) is 7. The maximum Gasteiger partial charge on any atom is 0.354 e. The molecule has 0 saturated heterocycles. The van der Waals surface area contributed by atoms with Crippen LogP contribution in [0.5, 0.6) is 0 Å². The first-order valence-electron chi connectivity index (χ1n) is 10.8. The lowest BCUT2D eigenvalue weighted by Crippen LogP contribution is -2.27. The predicted octanol–water partition coefficient (Wildman–Crippen LogP) is 5.20. The van der Waals surface area contributed by atoms with Gasteiger partial charge in [-0.15, -0.1) is 0 Å². The first kappa shape index (κ1) is 20.6. The first-order valence-corrected chi connectivity index (χ1v) is 10.8. The van der Waals surface area contributed by atoms with Crippen LogP contribution in [-0.2, 0) is 13.0 Å². The van der Waals surface area contributed by atoms with E-state index in [0.29, 0.717) is 24.7 Å². The highest BCUT2D eigenvalue weighted by Crippen LogP contribution is 2.42. The van der Waals surface area contributed by atoms with Gasteiger partial charge < -0.3 is 9.80 Å². The zero-order valence-corrected chi connectivity index (χ0v) is 17.9. The van der Waals surface area contributed by atoms with E-state index in [1.165, 1.54) is 6.33 Å². The monoisotopic (exact) mass is 438 g/mol. The van der Waals surface area contributed by atoms with Crippen molar-refractivity contribution in [3.63, 3.8) is 0 Å². The summed E-state index contributed by atoms with van der Waals surface area (Å²) in [6.07, 6.45) is 4.89. The molecule has 0 saturated carbocycles. The van der Waals surface area contributed by atoms with E-state index < -0.39 is 0 Å². The van der Waals surface area contributed by atoms with E-state index in [0.717, 1.165) is 29.7 Å². The van der Waals surface area contributed by atoms with Crippen molar-refractivity contribution in [3.05, 3.63) is 107 Å². The molecule has 3 heterocycles. The second-order valence-corrected chi connectivity index (χ2v) is 7.77. The molecule has 8 nitrogen and oxygen atoms in total. The molecule has 0 unspecified atom stereocenters. The molecule has 1 aliphatic rings. The van der Waals surface area contributed by atoms with Gasteiger partial charge in [0.2, 0.25) is 11.6 Å². The van der Waals surface area contributed by atoms with Crippen LogP contribution in [0.4, 0.5) is 28.8 Å². The van der Waals surface area contributed by atoms with Gasteiger partial charge in [-0.2, -0.15) is 0 Å². The number of aryl methyl sites for hydroxylation is 1. The smallest absolute Gasteiger partial charge is 0.320 e. The Morgan fingerprint density at radius 3 is 2.52 bits per heavy atom. The minimum atomic E-state index is -0.386. The summed E-state index contributed by atoms with van der Waals surface area (Å²) in [5.41, 5.74) is 2.96. The lowest BCUT2D eigenvalue weighted by molar-refractivity contribution is -0.383. The van der Waals surface area contributed by atoms with Gasteiger partial charge in [-0.3, -0.25) is 10.1 Å². The Labute approximate surface area is 191 Å². The normalized spacial score (nSPS) is 12.8. The molecule has 0 spiro atoms. The van der Waals surface area contributed by atoms with E-state index in [1.807, 2.05) is 71.6 Å². The molecule has 8 heteroatoms. The second kappa shape index (κ2) is 9.04. The molecule has 0 fully saturated rings. The van der Waals surface area contributed by atoms with Gasteiger partial charge in [0.25, 0.3) is 0 Å². The van der Waals surface area contributed by atoms with Crippen LogP contribution in [0.3, 0.4) is 0 Å². The van der Waals surface area contributed by atoms with Crippen molar-refractivity contribution in [2.75, 3.05) is 16.3 Å². The molecule has 0 radical (unpaired) electrons. The van der Waals surface area contributed by atoms with Gasteiger partial charge >= 0.3 is 5.69 Å². The highest BCUT2D eigenvalue weighted by molar-refractivity contribution is 5.80. The summed E-state index contributed by atoms with van der Waals surface area (Å²) < 4.78 is 0. The van der Waals surface area contributed by atoms with E-state index in [1.54, 1.807) is 11.1 Å². The fraction of sp³-hybridized carbons (Fsp3) is 0.160. The second-order valence-electron chi connectivity index (χ2n) is 7.77. The molecule has 164 valence electrons. The van der Waals surface area contributed by atoms with Gasteiger partial charge in [0, 0.05) is 18.4 Å². The van der Waals surface area contributed by atoms with Crippen LogP contribution in [0.15, 0.2) is 85.3 Å². The van der Waals surface area contributed by atoms with Crippen LogP contribution in [-0.4, -0.2) is 26.4 Å². The van der Waals surface area contributed by atoms with Crippen molar-refractivity contribution in [3.8, 4) is 0 Å². The number of hydrogen-bond donors (Lipinski definition) is 0. The van der Waals surface area contributed by atoms with Crippen LogP contribution < -0.4 is 9.80 Å². The Bertz CT molecular complexity index is 1270. The van der Waals surface area contributed by atoms with Crippen molar-refractivity contribution in [2.24, 2.45) is 0 Å². The number of aromatic nitrogens is 3. The molecule has 0 amide bonds. The minimum Gasteiger partial charge on any atom is -0.320 e. The number of nitro groups is 1. The Morgan fingerprint density at radius 2 is 1.73 bits per heavy atom. The highest BCUT2D eigenvalue weighted by atomic mass is 16.6. The predicted molar refractivity (Wildman–Crippen MR) is 127 cm³/mol. The average Bonchev–Trinajstić information content (AvgIpc) is 2.87. The van der Waals surface area contributed by atoms with Gasteiger partial charge in [0.1, 0.15) is 12.1 Å². The Morgan fingerprint density at radius 1 is 0.939 bits per heavy atom. The summed E-state index contributed by atoms with van der Waals surface area (Å²) in [5.74, 6) is 1.09. The molecule has 0 bridgehead atoms. The van der Waals surface area contributed by atoms with E-state index in [9.17, 15) is 10.1 Å². The van der Waals surface area contributed by atoms with Gasteiger partial charge in [0.05, 0.1) is 11.5 Å². The van der Waals surface area contributed by atoms with Gasteiger partial charge in [0.15, 0.2) is 0 Å². The quantitative estimate of drug-likeness (QED) is 0.302. The Hall–Kier alpha value is -4.33. The maximum absolute atomic E-state index is 12.4. The number of para-hydroxylation sites is 1. The molecule has 1 aliphatic heterocycles. The summed E-state index contributed by atoms with van der Waals surface area (Å²) in [4.78, 5) is 29.0. The number of anilines is 4. The van der Waals surface area contributed by atoms with Crippen LogP contribution >= 0.6 is 0 Å². The van der Waals surface area contributed by atoms with E-state index in [-0.39, 0.29) is 16.4 Å². The highest BCUT2D eigenvalue weighted by Gasteiger charge is 2.33. The van der Waals surface area contributed by atoms with Gasteiger partial charge in [-0.25, -0.2) is 15.0 Å². The number of nitrogens with zero attached hydrogens (tertiary/aromatic N) is 6. The summed E-state index contributed by atoms with van der Waals surface area (Å²) >= 11 is 0. The summed E-state index contributed by atoms with van der Waals surface area (Å²) in [7, 11) is 0. The van der Waals surface area contributed by atoms with Crippen LogP contribution in [0.25, 0.3) is 0 Å². The topological polar surface area (TPSA) is 88.3 Å². The summed E-state index contributed by atoms with van der Waals surface area (Å²) in [6, 6.07) is 23.3. The molecule has 5 rings (SSSR count). The number of fused-ring (bicyclic) bond motifs is 1. The lowest BCUT2D eigenvalue weighted by Gasteiger charge is -2.31. The lowest BCUT2D eigenvalue weighted by atomic mass is 10.0. The standard InChI is InChI=1S/C25H22N6O2/c32-31(33)23-24(29-16-8-12-20-11-4-5-13-21(20)29)27-18-28-25(23)30(22-14-6-7-15-26-22)17-19-9-2-1-3-10-19/h1-7,9-11,13-15,18H,8,12,16-17H2. The molecule has 33 heavy (non-hydrogen) atoms. The third-order valence-corrected chi connectivity index (χ3v) is 5.70. The molecule has 2 aromatic heterocycles. The van der Waals surface area contributed by atoms with Crippen LogP contribution in [0, 0.1) is 10.1 Å². The van der Waals surface area contributed by atoms with Crippen molar-refractivity contribution >= 4 is 28.8 Å². The van der Waals surface area contributed by atoms with E-state index in [4.69, 9.17) is 0 Å². The van der Waals surface area contributed by atoms with Gasteiger partial charge in [-0.1, -0.05) is 54.6 Å². The zero-order valence-electron chi connectivity index (χ0n) is 17.9. The van der Waals surface area contributed by atoms with Gasteiger partial charge in [-0.05, 0) is 42.2 Å². The SMILES string of the molecule is O=[N+]([O-])c1c(N(Cc2ccccc2)c2ccccn2)ncnc1N1CCCc2ccccc21. The summed E-state index contributed by atoms with van der Waals surface area (Å²) in [6.45, 7) is 1.03. The zero-order chi connectivity index (χ0) is 22.6. The number of benzene rings is 2. The van der Waals surface area contributed by atoms with E-state index in [2.05, 4.69) is 21.0 Å². The maximum atomic E-state index is 12.4. The third-order valence-electron chi connectivity index (χ3n) is 5.70. The van der Waals surface area contributed by atoms with Crippen molar-refractivity contribution in [1.82, 2.24) is 15.0 Å². The molecule has 0 aliphatic carbocycles. The Balaban J connectivity index is 1.66. The largest absolute Gasteiger partial charge is 0.354 e. The molecule has 4 aromatic rings. The number of rotatable bonds is 6. The average molecular weight is 438 g/mol. The van der Waals surface area contributed by atoms with Crippen molar-refractivity contribution in [1.29, 1.82) is 0 Å². The first-order chi connectivity index (χ1) is 16.2. The van der Waals surface area contributed by atoms with Crippen LogP contribution in [0.1, 0.15) is 17.5 Å².